The Morgan fingerprint density at radius 3 is 2.69 bits per heavy atom. The minimum atomic E-state index is -0.131. The largest absolute Gasteiger partial charge is 0.487 e. The molecule has 0 saturated carbocycles. The van der Waals surface area contributed by atoms with E-state index in [1.165, 1.54) is 0 Å². The van der Waals surface area contributed by atoms with E-state index in [0.29, 0.717) is 25.4 Å². The number of carbonyl (C=O) groups excluding carboxylic acids is 1. The van der Waals surface area contributed by atoms with Gasteiger partial charge in [0.15, 0.2) is 5.69 Å². The number of rotatable bonds is 7. The molecule has 7 heteroatoms. The van der Waals surface area contributed by atoms with E-state index in [4.69, 9.17) is 4.74 Å². The Morgan fingerprint density at radius 2 is 2.00 bits per heavy atom. The lowest BCUT2D eigenvalue weighted by molar-refractivity contribution is 0.0783. The SMILES string of the molecule is Cc1cc(C)n(CCN(C)C(=O)c2cc(COc3ccccc3)[nH]n2)n1. The summed E-state index contributed by atoms with van der Waals surface area (Å²) in [4.78, 5) is 14.2. The van der Waals surface area contributed by atoms with Crippen molar-refractivity contribution >= 4 is 5.91 Å². The molecule has 2 heterocycles. The second-order valence-corrected chi connectivity index (χ2v) is 6.26. The van der Waals surface area contributed by atoms with E-state index < -0.39 is 0 Å². The Bertz CT molecular complexity index is 869. The van der Waals surface area contributed by atoms with Crippen LogP contribution in [0.4, 0.5) is 0 Å². The van der Waals surface area contributed by atoms with Gasteiger partial charge in [0.2, 0.25) is 0 Å². The van der Waals surface area contributed by atoms with Crippen LogP contribution in [0.25, 0.3) is 0 Å². The number of carbonyl (C=O) groups is 1. The first-order chi connectivity index (χ1) is 12.5. The molecule has 26 heavy (non-hydrogen) atoms. The molecule has 0 radical (unpaired) electrons. The van der Waals surface area contributed by atoms with Crippen LogP contribution < -0.4 is 4.74 Å². The van der Waals surface area contributed by atoms with Crippen molar-refractivity contribution in [2.24, 2.45) is 0 Å². The Labute approximate surface area is 152 Å². The summed E-state index contributed by atoms with van der Waals surface area (Å²) in [6.45, 7) is 5.51. The number of hydrogen-bond acceptors (Lipinski definition) is 4. The van der Waals surface area contributed by atoms with Gasteiger partial charge in [0.05, 0.1) is 17.9 Å². The molecule has 136 valence electrons. The minimum Gasteiger partial charge on any atom is -0.487 e. The second kappa shape index (κ2) is 7.86. The van der Waals surface area contributed by atoms with Crippen molar-refractivity contribution in [3.63, 3.8) is 0 Å². The molecule has 1 aromatic carbocycles. The van der Waals surface area contributed by atoms with Gasteiger partial charge in [-0.3, -0.25) is 14.6 Å². The highest BCUT2D eigenvalue weighted by Crippen LogP contribution is 2.12. The van der Waals surface area contributed by atoms with Crippen molar-refractivity contribution in [2.75, 3.05) is 13.6 Å². The van der Waals surface area contributed by atoms with Gasteiger partial charge in [0, 0.05) is 19.3 Å². The van der Waals surface area contributed by atoms with Crippen LogP contribution in [0.1, 0.15) is 27.6 Å². The van der Waals surface area contributed by atoms with E-state index in [1.807, 2.05) is 54.9 Å². The van der Waals surface area contributed by atoms with Crippen LogP contribution in [-0.2, 0) is 13.2 Å². The molecule has 0 fully saturated rings. The highest BCUT2D eigenvalue weighted by molar-refractivity contribution is 5.92. The molecule has 0 aliphatic carbocycles. The zero-order chi connectivity index (χ0) is 18.5. The smallest absolute Gasteiger partial charge is 0.274 e. The Balaban J connectivity index is 1.54. The van der Waals surface area contributed by atoms with Gasteiger partial charge in [-0.25, -0.2) is 0 Å². The maximum absolute atomic E-state index is 12.5. The molecule has 0 unspecified atom stereocenters. The predicted molar refractivity (Wildman–Crippen MR) is 98.0 cm³/mol. The number of amides is 1. The van der Waals surface area contributed by atoms with E-state index in [1.54, 1.807) is 18.0 Å². The number of ether oxygens (including phenoxy) is 1. The standard InChI is InChI=1S/C19H23N5O2/c1-14-11-15(2)24(22-14)10-9-23(3)19(25)18-12-16(20-21-18)13-26-17-7-5-4-6-8-17/h4-8,11-12H,9-10,13H2,1-3H3,(H,20,21). The molecule has 1 amide bonds. The molecule has 7 nitrogen and oxygen atoms in total. The van der Waals surface area contributed by atoms with Crippen molar-refractivity contribution in [3.05, 3.63) is 65.2 Å². The summed E-state index contributed by atoms with van der Waals surface area (Å²) in [6.07, 6.45) is 0. The third-order valence-corrected chi connectivity index (χ3v) is 4.08. The third-order valence-electron chi connectivity index (χ3n) is 4.08. The fourth-order valence-corrected chi connectivity index (χ4v) is 2.67. The van der Waals surface area contributed by atoms with Crippen LogP contribution in [0.3, 0.4) is 0 Å². The quantitative estimate of drug-likeness (QED) is 0.708. The molecular weight excluding hydrogens is 330 g/mol. The Kier molecular flexibility index (Phi) is 5.36. The van der Waals surface area contributed by atoms with Crippen LogP contribution in [0.5, 0.6) is 5.75 Å². The van der Waals surface area contributed by atoms with E-state index in [9.17, 15) is 4.79 Å². The highest BCUT2D eigenvalue weighted by Gasteiger charge is 2.16. The lowest BCUT2D eigenvalue weighted by atomic mass is 10.3. The number of H-pyrrole nitrogens is 1. The van der Waals surface area contributed by atoms with E-state index in [0.717, 1.165) is 22.8 Å². The average molecular weight is 353 g/mol. The minimum absolute atomic E-state index is 0.131. The predicted octanol–water partition coefficient (Wildman–Crippen LogP) is 2.57. The summed E-state index contributed by atoms with van der Waals surface area (Å²) >= 11 is 0. The Morgan fingerprint density at radius 1 is 1.23 bits per heavy atom. The van der Waals surface area contributed by atoms with Crippen molar-refractivity contribution < 1.29 is 9.53 Å². The summed E-state index contributed by atoms with van der Waals surface area (Å²) in [7, 11) is 1.77. The van der Waals surface area contributed by atoms with Gasteiger partial charge in [-0.2, -0.15) is 10.2 Å². The zero-order valence-corrected chi connectivity index (χ0v) is 15.3. The summed E-state index contributed by atoms with van der Waals surface area (Å²) < 4.78 is 7.56. The van der Waals surface area contributed by atoms with Gasteiger partial charge in [0.1, 0.15) is 12.4 Å². The number of hydrogen-bond donors (Lipinski definition) is 1. The van der Waals surface area contributed by atoms with E-state index >= 15 is 0 Å². The van der Waals surface area contributed by atoms with Crippen LogP contribution in [-0.4, -0.2) is 44.4 Å². The first kappa shape index (κ1) is 17.7. The number of aromatic amines is 1. The fraction of sp³-hybridized carbons (Fsp3) is 0.316. The molecule has 2 aromatic heterocycles. The number of aromatic nitrogens is 4. The van der Waals surface area contributed by atoms with Gasteiger partial charge in [-0.15, -0.1) is 0 Å². The van der Waals surface area contributed by atoms with E-state index in [-0.39, 0.29) is 5.91 Å². The number of nitrogens with zero attached hydrogens (tertiary/aromatic N) is 4. The van der Waals surface area contributed by atoms with Crippen LogP contribution >= 0.6 is 0 Å². The molecule has 0 saturated heterocycles. The Hall–Kier alpha value is -3.09. The van der Waals surface area contributed by atoms with Crippen molar-refractivity contribution in [1.82, 2.24) is 24.9 Å². The number of likely N-dealkylation sites (N-methyl/N-ethyl adjacent to an activating group) is 1. The summed E-state index contributed by atoms with van der Waals surface area (Å²) in [6, 6.07) is 13.3. The van der Waals surface area contributed by atoms with Gasteiger partial charge < -0.3 is 9.64 Å². The highest BCUT2D eigenvalue weighted by atomic mass is 16.5. The maximum Gasteiger partial charge on any atom is 0.274 e. The normalized spacial score (nSPS) is 10.7. The molecule has 3 aromatic rings. The number of nitrogens with one attached hydrogen (secondary N) is 1. The van der Waals surface area contributed by atoms with Crippen LogP contribution in [0, 0.1) is 13.8 Å². The first-order valence-corrected chi connectivity index (χ1v) is 8.51. The van der Waals surface area contributed by atoms with E-state index in [2.05, 4.69) is 15.3 Å². The number of benzene rings is 1. The molecule has 0 aliphatic heterocycles. The van der Waals surface area contributed by atoms with Crippen LogP contribution in [0.15, 0.2) is 42.5 Å². The topological polar surface area (TPSA) is 76.0 Å². The number of para-hydroxylation sites is 1. The summed E-state index contributed by atoms with van der Waals surface area (Å²) in [5.41, 5.74) is 3.20. The molecular formula is C19H23N5O2. The first-order valence-electron chi connectivity index (χ1n) is 8.51. The van der Waals surface area contributed by atoms with Gasteiger partial charge in [-0.1, -0.05) is 18.2 Å². The molecule has 0 aliphatic rings. The monoisotopic (exact) mass is 353 g/mol. The van der Waals surface area contributed by atoms with Gasteiger partial charge in [-0.05, 0) is 38.1 Å². The number of aryl methyl sites for hydroxylation is 2. The summed E-state index contributed by atoms with van der Waals surface area (Å²) in [5, 5.41) is 11.4. The molecule has 3 rings (SSSR count). The van der Waals surface area contributed by atoms with Crippen molar-refractivity contribution in [2.45, 2.75) is 27.0 Å². The van der Waals surface area contributed by atoms with Gasteiger partial charge in [0.25, 0.3) is 5.91 Å². The summed E-state index contributed by atoms with van der Waals surface area (Å²) in [5.74, 6) is 0.644. The molecule has 1 N–H and O–H groups in total. The van der Waals surface area contributed by atoms with Crippen molar-refractivity contribution in [3.8, 4) is 5.75 Å². The van der Waals surface area contributed by atoms with Gasteiger partial charge >= 0.3 is 0 Å². The molecule has 0 spiro atoms. The molecule has 0 bridgehead atoms. The molecule has 0 atom stereocenters. The lowest BCUT2D eigenvalue weighted by Gasteiger charge is -2.16. The zero-order valence-electron chi connectivity index (χ0n) is 15.3. The van der Waals surface area contributed by atoms with Crippen LogP contribution in [0.2, 0.25) is 0 Å². The maximum atomic E-state index is 12.5. The third kappa shape index (κ3) is 4.30. The lowest BCUT2D eigenvalue weighted by Crippen LogP contribution is -2.30. The fourth-order valence-electron chi connectivity index (χ4n) is 2.67. The van der Waals surface area contributed by atoms with Crippen molar-refractivity contribution in [1.29, 1.82) is 0 Å². The average Bonchev–Trinajstić information content (AvgIpc) is 3.24. The second-order valence-electron chi connectivity index (χ2n) is 6.26.